The minimum atomic E-state index is -0.400. The maximum atomic E-state index is 11.3. The summed E-state index contributed by atoms with van der Waals surface area (Å²) in [5.74, 6) is 0. The molecule has 1 radical (unpaired) electrons. The fourth-order valence-electron chi connectivity index (χ4n) is 1.36. The minimum absolute atomic E-state index is 0. The van der Waals surface area contributed by atoms with Crippen molar-refractivity contribution in [2.75, 3.05) is 0 Å². The Morgan fingerprint density at radius 1 is 1.50 bits per heavy atom. The zero-order valence-electron chi connectivity index (χ0n) is 9.17. The second-order valence-electron chi connectivity index (χ2n) is 4.42. The molecule has 3 nitrogen and oxygen atoms in total. The van der Waals surface area contributed by atoms with E-state index in [4.69, 9.17) is 4.74 Å². The second-order valence-corrected chi connectivity index (χ2v) is 4.42. The van der Waals surface area contributed by atoms with Crippen LogP contribution in [0.2, 0.25) is 0 Å². The molecule has 1 saturated carbocycles. The van der Waals surface area contributed by atoms with E-state index in [0.29, 0.717) is 0 Å². The average Bonchev–Trinajstić information content (AvgIpc) is 2.34. The first-order valence-electron chi connectivity index (χ1n) is 4.80. The van der Waals surface area contributed by atoms with Crippen molar-refractivity contribution >= 4 is 6.09 Å². The monoisotopic (exact) mass is 273 g/mol. The van der Waals surface area contributed by atoms with Crippen LogP contribution < -0.4 is 5.32 Å². The summed E-state index contributed by atoms with van der Waals surface area (Å²) in [5, 5.41) is 2.82. The molecular formula is C10H18NO2Y-. The van der Waals surface area contributed by atoms with Crippen LogP contribution >= 0.6 is 0 Å². The van der Waals surface area contributed by atoms with E-state index in [-0.39, 0.29) is 44.8 Å². The molecule has 1 aliphatic rings. The van der Waals surface area contributed by atoms with E-state index in [2.05, 4.69) is 11.7 Å². The van der Waals surface area contributed by atoms with E-state index in [0.717, 1.165) is 12.8 Å². The molecule has 0 bridgehead atoms. The molecule has 0 spiro atoms. The minimum Gasteiger partial charge on any atom is -0.444 e. The Labute approximate surface area is 111 Å². The van der Waals surface area contributed by atoms with Gasteiger partial charge < -0.3 is 16.5 Å². The normalized spacial score (nSPS) is 21.2. The second kappa shape index (κ2) is 6.07. The number of hydrogen-bond acceptors (Lipinski definition) is 2. The van der Waals surface area contributed by atoms with Gasteiger partial charge in [0.05, 0.1) is 0 Å². The first kappa shape index (κ1) is 14.4. The Hall–Kier alpha value is 0.374. The van der Waals surface area contributed by atoms with Crippen molar-refractivity contribution in [3.05, 3.63) is 6.42 Å². The molecule has 1 amide bonds. The maximum absolute atomic E-state index is 11.3. The smallest absolute Gasteiger partial charge is 0.405 e. The number of hydrogen-bond donors (Lipinski definition) is 1. The number of nitrogens with one attached hydrogen (secondary N) is 1. The van der Waals surface area contributed by atoms with Gasteiger partial charge in [0.15, 0.2) is 0 Å². The Morgan fingerprint density at radius 2 is 2.14 bits per heavy atom. The van der Waals surface area contributed by atoms with Gasteiger partial charge in [-0.3, -0.25) is 0 Å². The van der Waals surface area contributed by atoms with Crippen molar-refractivity contribution in [3.63, 3.8) is 0 Å². The number of ether oxygens (including phenoxy) is 1. The molecular weight excluding hydrogens is 255 g/mol. The number of carbonyl (C=O) groups is 1. The summed E-state index contributed by atoms with van der Waals surface area (Å²) in [7, 11) is 0. The van der Waals surface area contributed by atoms with E-state index in [1.165, 1.54) is 6.42 Å². The predicted molar refractivity (Wildman–Crippen MR) is 51.3 cm³/mol. The molecule has 4 heteroatoms. The van der Waals surface area contributed by atoms with E-state index >= 15 is 0 Å². The van der Waals surface area contributed by atoms with Crippen LogP contribution in [-0.4, -0.2) is 17.7 Å². The van der Waals surface area contributed by atoms with Gasteiger partial charge in [-0.05, 0) is 20.8 Å². The molecule has 1 fully saturated rings. The fourth-order valence-corrected chi connectivity index (χ4v) is 1.36. The Balaban J connectivity index is 0.00000169. The summed E-state index contributed by atoms with van der Waals surface area (Å²) in [6, 6.07) is 0.217. The molecule has 0 aromatic rings. The third-order valence-electron chi connectivity index (χ3n) is 1.87. The summed E-state index contributed by atoms with van der Waals surface area (Å²) in [6.45, 7) is 5.60. The van der Waals surface area contributed by atoms with Crippen LogP contribution in [0.3, 0.4) is 0 Å². The Kier molecular flexibility index (Phi) is 6.23. The number of amides is 1. The standard InChI is InChI=1S/C10H18NO2.Y/c1-10(2,3)13-9(12)11-8-6-4-5-7-8;/h6,8H,4-5,7H2,1-3H3,(H,11,12);/q-1;/t8-;/m0./s1. The molecule has 0 heterocycles. The third kappa shape index (κ3) is 5.97. The van der Waals surface area contributed by atoms with E-state index in [9.17, 15) is 4.79 Å². The third-order valence-corrected chi connectivity index (χ3v) is 1.87. The molecule has 1 aliphatic carbocycles. The van der Waals surface area contributed by atoms with Gasteiger partial charge in [-0.1, -0.05) is 18.9 Å². The van der Waals surface area contributed by atoms with Crippen molar-refractivity contribution in [3.8, 4) is 0 Å². The van der Waals surface area contributed by atoms with Crippen molar-refractivity contribution in [1.29, 1.82) is 0 Å². The first-order valence-corrected chi connectivity index (χ1v) is 4.80. The largest absolute Gasteiger partial charge is 0.444 e. The summed E-state index contributed by atoms with van der Waals surface area (Å²) < 4.78 is 5.13. The van der Waals surface area contributed by atoms with Crippen molar-refractivity contribution in [1.82, 2.24) is 5.32 Å². The van der Waals surface area contributed by atoms with Crippen LogP contribution in [-0.2, 0) is 37.4 Å². The molecule has 14 heavy (non-hydrogen) atoms. The first-order chi connectivity index (χ1) is 5.97. The summed E-state index contributed by atoms with van der Waals surface area (Å²) in [6.07, 6.45) is 5.13. The number of alkyl carbamates (subject to hydrolysis) is 1. The predicted octanol–water partition coefficient (Wildman–Crippen LogP) is 2.27. The van der Waals surface area contributed by atoms with E-state index < -0.39 is 5.60 Å². The van der Waals surface area contributed by atoms with E-state index in [1.807, 2.05) is 20.8 Å². The SMILES string of the molecule is CC(C)(C)OC(=O)N[C@H]1[CH-]CCC1.[Y]. The molecule has 0 unspecified atom stereocenters. The maximum Gasteiger partial charge on any atom is 0.405 e. The van der Waals surface area contributed by atoms with Gasteiger partial charge in [-0.2, -0.15) is 6.42 Å². The molecule has 1 atom stereocenters. The average molecular weight is 273 g/mol. The van der Waals surface area contributed by atoms with Gasteiger partial charge >= 0.3 is 6.09 Å². The van der Waals surface area contributed by atoms with Crippen LogP contribution in [0.25, 0.3) is 0 Å². The van der Waals surface area contributed by atoms with Crippen LogP contribution in [0.5, 0.6) is 0 Å². The fraction of sp³-hybridized carbons (Fsp3) is 0.800. The van der Waals surface area contributed by atoms with Gasteiger partial charge in [0.1, 0.15) is 5.60 Å². The molecule has 0 saturated heterocycles. The van der Waals surface area contributed by atoms with Crippen molar-refractivity contribution < 1.29 is 42.2 Å². The van der Waals surface area contributed by atoms with Crippen molar-refractivity contribution in [2.45, 2.75) is 51.7 Å². The Morgan fingerprint density at radius 3 is 2.57 bits per heavy atom. The van der Waals surface area contributed by atoms with Crippen LogP contribution in [0.4, 0.5) is 4.79 Å². The van der Waals surface area contributed by atoms with Gasteiger partial charge in [-0.25, -0.2) is 4.79 Å². The summed E-state index contributed by atoms with van der Waals surface area (Å²) in [4.78, 5) is 11.3. The number of carbonyl (C=O) groups excluding carboxylic acids is 1. The molecule has 79 valence electrons. The zero-order chi connectivity index (χ0) is 9.90. The summed E-state index contributed by atoms with van der Waals surface area (Å²) in [5.41, 5.74) is -0.400. The molecule has 1 rings (SSSR count). The van der Waals surface area contributed by atoms with Gasteiger partial charge in [0.2, 0.25) is 0 Å². The van der Waals surface area contributed by atoms with E-state index in [1.54, 1.807) is 0 Å². The Bertz CT molecular complexity index is 183. The summed E-state index contributed by atoms with van der Waals surface area (Å²) >= 11 is 0. The quantitative estimate of drug-likeness (QED) is 0.744. The molecule has 0 aromatic heterocycles. The number of rotatable bonds is 1. The molecule has 0 aromatic carbocycles. The van der Waals surface area contributed by atoms with Gasteiger partial charge in [0, 0.05) is 32.7 Å². The molecule has 1 N–H and O–H groups in total. The van der Waals surface area contributed by atoms with Crippen molar-refractivity contribution in [2.24, 2.45) is 0 Å². The molecule has 0 aliphatic heterocycles. The zero-order valence-corrected chi connectivity index (χ0v) is 12.0. The van der Waals surface area contributed by atoms with Crippen LogP contribution in [0.15, 0.2) is 0 Å². The van der Waals surface area contributed by atoms with Crippen LogP contribution in [0, 0.1) is 6.42 Å². The topological polar surface area (TPSA) is 38.3 Å². The van der Waals surface area contributed by atoms with Crippen LogP contribution in [0.1, 0.15) is 40.0 Å². The van der Waals surface area contributed by atoms with Gasteiger partial charge in [0.25, 0.3) is 0 Å². The van der Waals surface area contributed by atoms with Gasteiger partial charge in [-0.15, -0.1) is 0 Å².